The summed E-state index contributed by atoms with van der Waals surface area (Å²) in [5.74, 6) is -2.72. The molecule has 12 heteroatoms. The summed E-state index contributed by atoms with van der Waals surface area (Å²) in [7, 11) is 1.37. The van der Waals surface area contributed by atoms with Gasteiger partial charge in [0.2, 0.25) is 12.4 Å². The number of hydrogen-bond acceptors (Lipinski definition) is 12. The standard InChI is InChI=1S/C24H30O12/c1-7-17(29)16-8-9-18(19(10-16)30-6)35-24-23(34-15(5)28)22(33-14(4)27)21(32-13(3)26)20(36-24)11-31-12(2)25/h8-10,20-24H,7,11H2,1-6H3/t20-,21+,22+,23+,24+/m0/s1. The monoisotopic (exact) mass is 510 g/mol. The van der Waals surface area contributed by atoms with Crippen molar-refractivity contribution in [1.82, 2.24) is 0 Å². The Morgan fingerprint density at radius 2 is 1.39 bits per heavy atom. The Morgan fingerprint density at radius 1 is 0.806 bits per heavy atom. The quantitative estimate of drug-likeness (QED) is 0.256. The lowest BCUT2D eigenvalue weighted by atomic mass is 9.98. The second-order valence-electron chi connectivity index (χ2n) is 7.83. The van der Waals surface area contributed by atoms with Crippen molar-refractivity contribution in [1.29, 1.82) is 0 Å². The molecule has 5 atom stereocenters. The van der Waals surface area contributed by atoms with Crippen molar-refractivity contribution in [2.45, 2.75) is 71.7 Å². The van der Waals surface area contributed by atoms with Crippen molar-refractivity contribution in [3.05, 3.63) is 23.8 Å². The van der Waals surface area contributed by atoms with Crippen molar-refractivity contribution in [2.24, 2.45) is 0 Å². The Labute approximate surface area is 208 Å². The molecule has 1 aromatic rings. The van der Waals surface area contributed by atoms with Gasteiger partial charge < -0.3 is 33.2 Å². The molecule has 1 heterocycles. The van der Waals surface area contributed by atoms with Gasteiger partial charge in [0.1, 0.15) is 12.7 Å². The van der Waals surface area contributed by atoms with Crippen LogP contribution < -0.4 is 9.47 Å². The third-order valence-electron chi connectivity index (χ3n) is 5.00. The first-order chi connectivity index (χ1) is 17.0. The van der Waals surface area contributed by atoms with E-state index in [0.717, 1.165) is 20.8 Å². The second-order valence-corrected chi connectivity index (χ2v) is 7.83. The van der Waals surface area contributed by atoms with Gasteiger partial charge in [0.25, 0.3) is 0 Å². The molecule has 0 spiro atoms. The molecule has 0 aromatic heterocycles. The zero-order valence-electron chi connectivity index (χ0n) is 20.9. The Hall–Kier alpha value is -3.67. The van der Waals surface area contributed by atoms with Gasteiger partial charge in [-0.3, -0.25) is 24.0 Å². The van der Waals surface area contributed by atoms with E-state index in [2.05, 4.69) is 0 Å². The predicted molar refractivity (Wildman–Crippen MR) is 120 cm³/mol. The summed E-state index contributed by atoms with van der Waals surface area (Å²) >= 11 is 0. The van der Waals surface area contributed by atoms with Gasteiger partial charge in [0, 0.05) is 39.7 Å². The van der Waals surface area contributed by atoms with E-state index in [1.165, 1.54) is 32.2 Å². The molecule has 0 N–H and O–H groups in total. The maximum Gasteiger partial charge on any atom is 0.303 e. The van der Waals surface area contributed by atoms with E-state index in [9.17, 15) is 24.0 Å². The minimum Gasteiger partial charge on any atom is -0.493 e. The molecule has 2 rings (SSSR count). The topological polar surface area (TPSA) is 150 Å². The number of carbonyl (C=O) groups excluding carboxylic acids is 5. The molecule has 198 valence electrons. The van der Waals surface area contributed by atoms with Crippen molar-refractivity contribution >= 4 is 29.7 Å². The molecule has 0 unspecified atom stereocenters. The molecule has 1 aliphatic rings. The van der Waals surface area contributed by atoms with Crippen LogP contribution in [0.3, 0.4) is 0 Å². The molecule has 1 fully saturated rings. The van der Waals surface area contributed by atoms with E-state index in [-0.39, 0.29) is 23.7 Å². The molecule has 0 radical (unpaired) electrons. The second kappa shape index (κ2) is 12.9. The Bertz CT molecular complexity index is 987. The van der Waals surface area contributed by atoms with Crippen LogP contribution in [-0.2, 0) is 42.9 Å². The van der Waals surface area contributed by atoms with Gasteiger partial charge in [-0.2, -0.15) is 0 Å². The van der Waals surface area contributed by atoms with Crippen molar-refractivity contribution < 1.29 is 57.1 Å². The van der Waals surface area contributed by atoms with Crippen LogP contribution in [0.1, 0.15) is 51.4 Å². The van der Waals surface area contributed by atoms with Crippen LogP contribution in [-0.4, -0.2) is 74.1 Å². The summed E-state index contributed by atoms with van der Waals surface area (Å²) in [6, 6.07) is 4.47. The first kappa shape index (κ1) is 28.6. The van der Waals surface area contributed by atoms with E-state index >= 15 is 0 Å². The summed E-state index contributed by atoms with van der Waals surface area (Å²) in [5, 5.41) is 0. The molecule has 0 saturated carbocycles. The highest BCUT2D eigenvalue weighted by Gasteiger charge is 2.53. The van der Waals surface area contributed by atoms with E-state index in [1.807, 2.05) is 0 Å². The zero-order valence-corrected chi connectivity index (χ0v) is 20.9. The summed E-state index contributed by atoms with van der Waals surface area (Å²) < 4.78 is 38.3. The molecule has 12 nitrogen and oxygen atoms in total. The van der Waals surface area contributed by atoms with Crippen LogP contribution in [0.5, 0.6) is 11.5 Å². The largest absolute Gasteiger partial charge is 0.493 e. The van der Waals surface area contributed by atoms with Crippen LogP contribution in [0.25, 0.3) is 0 Å². The lowest BCUT2D eigenvalue weighted by molar-refractivity contribution is -0.288. The lowest BCUT2D eigenvalue weighted by Crippen LogP contribution is -2.63. The normalized spacial score (nSPS) is 23.1. The van der Waals surface area contributed by atoms with Crippen molar-refractivity contribution in [2.75, 3.05) is 13.7 Å². The van der Waals surface area contributed by atoms with Gasteiger partial charge in [-0.25, -0.2) is 0 Å². The summed E-state index contributed by atoms with van der Waals surface area (Å²) in [6.07, 6.45) is -6.38. The fourth-order valence-corrected chi connectivity index (χ4v) is 3.55. The maximum absolute atomic E-state index is 12.1. The van der Waals surface area contributed by atoms with Crippen LogP contribution in [0.15, 0.2) is 18.2 Å². The molecular weight excluding hydrogens is 480 g/mol. The van der Waals surface area contributed by atoms with Gasteiger partial charge in [-0.05, 0) is 18.2 Å². The van der Waals surface area contributed by atoms with E-state index in [0.29, 0.717) is 5.56 Å². The molecule has 1 saturated heterocycles. The third-order valence-corrected chi connectivity index (χ3v) is 5.00. The summed E-state index contributed by atoms with van der Waals surface area (Å²) in [5.41, 5.74) is 0.392. The summed E-state index contributed by atoms with van der Waals surface area (Å²) in [6.45, 7) is 5.87. The molecule has 1 aliphatic heterocycles. The number of methoxy groups -OCH3 is 1. The maximum atomic E-state index is 12.1. The predicted octanol–water partition coefficient (Wildman–Crippen LogP) is 1.75. The van der Waals surface area contributed by atoms with Crippen LogP contribution in [0.2, 0.25) is 0 Å². The van der Waals surface area contributed by atoms with Crippen molar-refractivity contribution in [3.8, 4) is 11.5 Å². The minimum atomic E-state index is -1.42. The molecule has 0 aliphatic carbocycles. The fraction of sp³-hybridized carbons (Fsp3) is 0.542. The van der Waals surface area contributed by atoms with Crippen LogP contribution >= 0.6 is 0 Å². The average molecular weight is 510 g/mol. The van der Waals surface area contributed by atoms with E-state index in [1.54, 1.807) is 6.92 Å². The molecule has 36 heavy (non-hydrogen) atoms. The fourth-order valence-electron chi connectivity index (χ4n) is 3.55. The van der Waals surface area contributed by atoms with Crippen LogP contribution in [0.4, 0.5) is 0 Å². The number of rotatable bonds is 10. The number of carbonyl (C=O) groups is 5. The highest BCUT2D eigenvalue weighted by molar-refractivity contribution is 5.96. The van der Waals surface area contributed by atoms with Gasteiger partial charge in [-0.1, -0.05) is 6.92 Å². The Balaban J connectivity index is 2.52. The van der Waals surface area contributed by atoms with Gasteiger partial charge in [0.05, 0.1) is 7.11 Å². The number of hydrogen-bond donors (Lipinski definition) is 0. The van der Waals surface area contributed by atoms with Gasteiger partial charge >= 0.3 is 23.9 Å². The SMILES string of the molecule is CCC(=O)c1ccc(O[C@@H]2O[C@@H](COC(C)=O)[C@@H](OC(C)=O)[C@@H](OC(C)=O)[C@H]2OC(C)=O)c(OC)c1. The highest BCUT2D eigenvalue weighted by Crippen LogP contribution is 2.35. The van der Waals surface area contributed by atoms with Gasteiger partial charge in [0.15, 0.2) is 29.5 Å². The molecular formula is C24H30O12. The Morgan fingerprint density at radius 3 is 1.92 bits per heavy atom. The number of benzene rings is 1. The molecule has 1 aromatic carbocycles. The first-order valence-corrected chi connectivity index (χ1v) is 11.1. The average Bonchev–Trinajstić information content (AvgIpc) is 2.80. The van der Waals surface area contributed by atoms with Gasteiger partial charge in [-0.15, -0.1) is 0 Å². The minimum absolute atomic E-state index is 0.117. The molecule has 0 bridgehead atoms. The van der Waals surface area contributed by atoms with E-state index < -0.39 is 61.2 Å². The first-order valence-electron chi connectivity index (χ1n) is 11.1. The van der Waals surface area contributed by atoms with Crippen LogP contribution in [0, 0.1) is 0 Å². The number of Topliss-reactive ketones (excluding diaryl/α,β-unsaturated/α-hetero) is 1. The molecule has 0 amide bonds. The number of ketones is 1. The zero-order chi connectivity index (χ0) is 27.0. The van der Waals surface area contributed by atoms with E-state index in [4.69, 9.17) is 33.2 Å². The number of esters is 4. The number of ether oxygens (including phenoxy) is 7. The lowest BCUT2D eigenvalue weighted by Gasteiger charge is -2.44. The Kier molecular flexibility index (Phi) is 10.2. The third kappa shape index (κ3) is 7.67. The van der Waals surface area contributed by atoms with Crippen molar-refractivity contribution in [3.63, 3.8) is 0 Å². The smallest absolute Gasteiger partial charge is 0.303 e. The highest BCUT2D eigenvalue weighted by atomic mass is 16.7. The summed E-state index contributed by atoms with van der Waals surface area (Å²) in [4.78, 5) is 59.2.